The van der Waals surface area contributed by atoms with Crippen LogP contribution in [-0.4, -0.2) is 52.7 Å². The van der Waals surface area contributed by atoms with E-state index in [1.807, 2.05) is 48.5 Å². The number of aliphatic carboxylic acids is 1. The van der Waals surface area contributed by atoms with Crippen LogP contribution < -0.4 is 5.32 Å². The summed E-state index contributed by atoms with van der Waals surface area (Å²) >= 11 is 0. The Balaban J connectivity index is 1.38. The van der Waals surface area contributed by atoms with Gasteiger partial charge in [-0.15, -0.1) is 0 Å². The fourth-order valence-electron chi connectivity index (χ4n) is 5.50. The first-order chi connectivity index (χ1) is 19.5. The number of nitrogens with zero attached hydrogens (tertiary/aromatic N) is 1. The summed E-state index contributed by atoms with van der Waals surface area (Å²) in [5, 5.41) is 21.1. The van der Waals surface area contributed by atoms with Gasteiger partial charge in [-0.05, 0) is 62.0 Å². The average molecular weight is 553 g/mol. The minimum Gasteiger partial charge on any atom is -0.481 e. The molecule has 0 unspecified atom stereocenters. The minimum absolute atomic E-state index is 0.0166. The molecule has 0 aromatic heterocycles. The number of amides is 1. The lowest BCUT2D eigenvalue weighted by atomic mass is 9.99. The lowest BCUT2D eigenvalue weighted by Gasteiger charge is -2.38. The molecule has 2 heterocycles. The van der Waals surface area contributed by atoms with Gasteiger partial charge < -0.3 is 29.9 Å². The second-order valence-electron chi connectivity index (χ2n) is 11.0. The number of likely N-dealkylation sites (tertiary alicyclic amines) is 1. The fraction of sp³-hybridized carbons (Fsp3) is 0.562. The second-order valence-corrected chi connectivity index (χ2v) is 11.0. The topological polar surface area (TPSA) is 108 Å². The molecule has 0 saturated carbocycles. The van der Waals surface area contributed by atoms with Gasteiger partial charge in [0.1, 0.15) is 0 Å². The third kappa shape index (κ3) is 9.70. The fourth-order valence-corrected chi connectivity index (χ4v) is 5.50. The number of carboxylic acids is 1. The van der Waals surface area contributed by atoms with Crippen LogP contribution in [0.4, 0.5) is 5.69 Å². The SMILES string of the molecule is O=C(O)CCCCCC(=O)Nc1ccc([C@@H]2O[C@H](CN3CCCCCCC3)C[C@H](c3ccc(CO)cc3)O2)cc1. The van der Waals surface area contributed by atoms with Crippen molar-refractivity contribution in [3.8, 4) is 0 Å². The Kier molecular flexibility index (Phi) is 12.0. The lowest BCUT2D eigenvalue weighted by molar-refractivity contribution is -0.253. The third-order valence-electron chi connectivity index (χ3n) is 7.79. The molecule has 218 valence electrons. The smallest absolute Gasteiger partial charge is 0.303 e. The van der Waals surface area contributed by atoms with E-state index < -0.39 is 12.3 Å². The molecule has 2 aliphatic heterocycles. The van der Waals surface area contributed by atoms with Crippen LogP contribution >= 0.6 is 0 Å². The van der Waals surface area contributed by atoms with Crippen molar-refractivity contribution in [3.63, 3.8) is 0 Å². The number of carbonyl (C=O) groups excluding carboxylic acids is 1. The zero-order chi connectivity index (χ0) is 28.2. The van der Waals surface area contributed by atoms with E-state index in [0.717, 1.165) is 49.2 Å². The average Bonchev–Trinajstić information content (AvgIpc) is 2.94. The monoisotopic (exact) mass is 552 g/mol. The number of unbranched alkanes of at least 4 members (excludes halogenated alkanes) is 2. The number of ether oxygens (including phenoxy) is 2. The molecule has 2 aromatic rings. The minimum atomic E-state index is -0.801. The third-order valence-corrected chi connectivity index (χ3v) is 7.79. The molecule has 0 spiro atoms. The summed E-state index contributed by atoms with van der Waals surface area (Å²) in [6, 6.07) is 15.6. The molecule has 2 fully saturated rings. The van der Waals surface area contributed by atoms with E-state index in [2.05, 4.69) is 10.2 Å². The zero-order valence-electron chi connectivity index (χ0n) is 23.4. The quantitative estimate of drug-likeness (QED) is 0.279. The van der Waals surface area contributed by atoms with Crippen molar-refractivity contribution in [1.29, 1.82) is 0 Å². The highest BCUT2D eigenvalue weighted by Gasteiger charge is 2.33. The molecule has 2 aliphatic rings. The van der Waals surface area contributed by atoms with Crippen molar-refractivity contribution < 1.29 is 29.3 Å². The van der Waals surface area contributed by atoms with Gasteiger partial charge in [0.15, 0.2) is 6.29 Å². The van der Waals surface area contributed by atoms with Gasteiger partial charge in [-0.3, -0.25) is 9.59 Å². The Labute approximate surface area is 237 Å². The van der Waals surface area contributed by atoms with Crippen molar-refractivity contribution in [1.82, 2.24) is 4.90 Å². The number of benzene rings is 2. The van der Waals surface area contributed by atoms with Crippen LogP contribution in [0.1, 0.15) is 99.7 Å². The van der Waals surface area contributed by atoms with Gasteiger partial charge in [0.2, 0.25) is 5.91 Å². The molecule has 1 amide bonds. The first-order valence-electron chi connectivity index (χ1n) is 14.8. The van der Waals surface area contributed by atoms with Crippen LogP contribution in [0.2, 0.25) is 0 Å². The van der Waals surface area contributed by atoms with E-state index in [1.165, 1.54) is 32.1 Å². The Morgan fingerprint density at radius 2 is 1.48 bits per heavy atom. The molecule has 3 atom stereocenters. The summed E-state index contributed by atoms with van der Waals surface area (Å²) in [6.45, 7) is 3.11. The van der Waals surface area contributed by atoms with E-state index in [-0.39, 0.29) is 31.1 Å². The van der Waals surface area contributed by atoms with E-state index in [1.54, 1.807) is 0 Å². The summed E-state index contributed by atoms with van der Waals surface area (Å²) in [4.78, 5) is 25.5. The second kappa shape index (κ2) is 15.9. The molecule has 0 bridgehead atoms. The molecular formula is C32H44N2O6. The summed E-state index contributed by atoms with van der Waals surface area (Å²) in [5.41, 5.74) is 3.57. The van der Waals surface area contributed by atoms with Gasteiger partial charge >= 0.3 is 5.97 Å². The summed E-state index contributed by atoms with van der Waals surface area (Å²) in [5.74, 6) is -0.877. The van der Waals surface area contributed by atoms with Crippen molar-refractivity contribution in [2.45, 2.75) is 95.7 Å². The number of aliphatic hydroxyl groups excluding tert-OH is 1. The Morgan fingerprint density at radius 1 is 0.825 bits per heavy atom. The molecule has 2 aromatic carbocycles. The molecule has 40 heavy (non-hydrogen) atoms. The van der Waals surface area contributed by atoms with Gasteiger partial charge in [0.05, 0.1) is 18.8 Å². The predicted octanol–water partition coefficient (Wildman–Crippen LogP) is 5.96. The van der Waals surface area contributed by atoms with E-state index in [9.17, 15) is 14.7 Å². The molecule has 8 heteroatoms. The largest absolute Gasteiger partial charge is 0.481 e. The molecule has 8 nitrogen and oxygen atoms in total. The summed E-state index contributed by atoms with van der Waals surface area (Å²) in [6.07, 6.45) is 9.02. The number of hydrogen-bond donors (Lipinski definition) is 3. The normalized spacial score (nSPS) is 22.3. The van der Waals surface area contributed by atoms with E-state index >= 15 is 0 Å². The maximum Gasteiger partial charge on any atom is 0.303 e. The Hall–Kier alpha value is -2.78. The highest BCUT2D eigenvalue weighted by Crippen LogP contribution is 2.38. The number of aliphatic hydroxyl groups is 1. The first-order valence-corrected chi connectivity index (χ1v) is 14.8. The van der Waals surface area contributed by atoms with Crippen LogP contribution in [0.15, 0.2) is 48.5 Å². The highest BCUT2D eigenvalue weighted by atomic mass is 16.7. The lowest BCUT2D eigenvalue weighted by Crippen LogP contribution is -2.40. The van der Waals surface area contributed by atoms with Gasteiger partial charge in [-0.2, -0.15) is 0 Å². The van der Waals surface area contributed by atoms with Crippen LogP contribution in [0.25, 0.3) is 0 Å². The summed E-state index contributed by atoms with van der Waals surface area (Å²) in [7, 11) is 0. The Bertz CT molecular complexity index is 1050. The van der Waals surface area contributed by atoms with Crippen LogP contribution in [-0.2, 0) is 25.7 Å². The first kappa shape index (κ1) is 30.2. The van der Waals surface area contributed by atoms with Gasteiger partial charge in [-0.25, -0.2) is 0 Å². The summed E-state index contributed by atoms with van der Waals surface area (Å²) < 4.78 is 13.0. The number of carbonyl (C=O) groups is 2. The molecule has 0 radical (unpaired) electrons. The molecule has 2 saturated heterocycles. The maximum absolute atomic E-state index is 12.3. The standard InChI is InChI=1S/C32H44N2O6/c35-23-24-11-13-25(14-12-24)29-21-28(22-34-19-7-2-1-3-8-20-34)39-32(40-29)26-15-17-27(18-16-26)33-30(36)9-5-4-6-10-31(37)38/h11-18,28-29,32,35H,1-10,19-23H2,(H,33,36)(H,37,38)/t28-,29+,32+/m0/s1. The van der Waals surface area contributed by atoms with Crippen molar-refractivity contribution in [2.75, 3.05) is 25.0 Å². The molecular weight excluding hydrogens is 508 g/mol. The number of carboxylic acid groups (broad SMARTS) is 1. The number of hydrogen-bond acceptors (Lipinski definition) is 6. The Morgan fingerprint density at radius 3 is 2.15 bits per heavy atom. The molecule has 3 N–H and O–H groups in total. The van der Waals surface area contributed by atoms with Gasteiger partial charge in [0, 0.05) is 37.1 Å². The van der Waals surface area contributed by atoms with Gasteiger partial charge in [0.25, 0.3) is 0 Å². The van der Waals surface area contributed by atoms with Crippen molar-refractivity contribution >= 4 is 17.6 Å². The van der Waals surface area contributed by atoms with E-state index in [4.69, 9.17) is 14.6 Å². The van der Waals surface area contributed by atoms with Gasteiger partial charge in [-0.1, -0.05) is 62.1 Å². The highest BCUT2D eigenvalue weighted by molar-refractivity contribution is 5.90. The van der Waals surface area contributed by atoms with Crippen molar-refractivity contribution in [3.05, 3.63) is 65.2 Å². The zero-order valence-corrected chi connectivity index (χ0v) is 23.4. The molecule has 0 aliphatic carbocycles. The van der Waals surface area contributed by atoms with Crippen LogP contribution in [0, 0.1) is 0 Å². The molecule has 4 rings (SSSR count). The van der Waals surface area contributed by atoms with Crippen LogP contribution in [0.5, 0.6) is 0 Å². The number of anilines is 1. The number of nitrogens with one attached hydrogen (secondary N) is 1. The number of rotatable bonds is 12. The van der Waals surface area contributed by atoms with Crippen molar-refractivity contribution in [2.24, 2.45) is 0 Å². The predicted molar refractivity (Wildman–Crippen MR) is 154 cm³/mol. The van der Waals surface area contributed by atoms with Crippen LogP contribution in [0.3, 0.4) is 0 Å². The maximum atomic E-state index is 12.3. The van der Waals surface area contributed by atoms with E-state index in [0.29, 0.717) is 24.9 Å².